The summed E-state index contributed by atoms with van der Waals surface area (Å²) in [7, 11) is -2.01. The van der Waals surface area contributed by atoms with Crippen LogP contribution in [0.4, 0.5) is 4.39 Å². The fourth-order valence-corrected chi connectivity index (χ4v) is 3.64. The summed E-state index contributed by atoms with van der Waals surface area (Å²) >= 11 is 0. The summed E-state index contributed by atoms with van der Waals surface area (Å²) in [6.45, 7) is 0. The van der Waals surface area contributed by atoms with E-state index < -0.39 is 21.9 Å². The summed E-state index contributed by atoms with van der Waals surface area (Å²) in [6, 6.07) is 12.6. The van der Waals surface area contributed by atoms with Crippen molar-refractivity contribution >= 4 is 15.7 Å². The lowest BCUT2D eigenvalue weighted by atomic mass is 9.99. The minimum absolute atomic E-state index is 0.365. The number of rotatable bonds is 4. The molecule has 0 saturated heterocycles. The molecule has 2 aromatic carbocycles. The van der Waals surface area contributed by atoms with Crippen molar-refractivity contribution in [1.29, 1.82) is 0 Å². The summed E-state index contributed by atoms with van der Waals surface area (Å²) in [5.74, 6) is 0.256. The van der Waals surface area contributed by atoms with E-state index in [0.29, 0.717) is 23.4 Å². The highest BCUT2D eigenvalue weighted by molar-refractivity contribution is 7.88. The van der Waals surface area contributed by atoms with Gasteiger partial charge in [-0.05, 0) is 29.8 Å². The first-order valence-corrected chi connectivity index (χ1v) is 9.20. The van der Waals surface area contributed by atoms with E-state index in [1.807, 2.05) is 12.1 Å². The second-order valence-corrected chi connectivity index (χ2v) is 7.43. The molecule has 0 radical (unpaired) electrons. The van der Waals surface area contributed by atoms with E-state index in [1.165, 1.54) is 12.1 Å². The van der Waals surface area contributed by atoms with Gasteiger partial charge < -0.3 is 4.74 Å². The fourth-order valence-electron chi connectivity index (χ4n) is 2.73. The summed E-state index contributed by atoms with van der Waals surface area (Å²) in [6.07, 6.45) is 1.46. The van der Waals surface area contributed by atoms with Gasteiger partial charge in [-0.1, -0.05) is 24.3 Å². The molecule has 1 atom stereocenters. The second kappa shape index (κ2) is 6.24. The van der Waals surface area contributed by atoms with Gasteiger partial charge in [-0.2, -0.15) is 9.52 Å². The minimum atomic E-state index is -3.58. The molecule has 0 N–H and O–H groups in total. The molecule has 5 nitrogen and oxygen atoms in total. The molecule has 3 rings (SSSR count). The molecular weight excluding hydrogens is 331 g/mol. The SMILES string of the molecule is COc1cccc(C2=NN(S(C)(=O)=O)[C@@H](c3cccc(F)c3)C2)c1. The maximum Gasteiger partial charge on any atom is 0.247 e. The van der Waals surface area contributed by atoms with E-state index in [4.69, 9.17) is 4.74 Å². The van der Waals surface area contributed by atoms with Crippen LogP contribution in [0.3, 0.4) is 0 Å². The van der Waals surface area contributed by atoms with Gasteiger partial charge in [0.25, 0.3) is 0 Å². The van der Waals surface area contributed by atoms with Crippen LogP contribution in [0, 0.1) is 5.82 Å². The first-order chi connectivity index (χ1) is 11.4. The molecule has 7 heteroatoms. The molecule has 2 aromatic rings. The third-order valence-electron chi connectivity index (χ3n) is 3.85. The monoisotopic (exact) mass is 348 g/mol. The number of sulfonamides is 1. The normalized spacial score (nSPS) is 17.7. The average molecular weight is 348 g/mol. The van der Waals surface area contributed by atoms with Crippen molar-refractivity contribution in [3.63, 3.8) is 0 Å². The smallest absolute Gasteiger partial charge is 0.247 e. The zero-order chi connectivity index (χ0) is 17.3. The number of hydrogen-bond acceptors (Lipinski definition) is 4. The summed E-state index contributed by atoms with van der Waals surface area (Å²) in [5, 5.41) is 4.28. The van der Waals surface area contributed by atoms with Crippen molar-refractivity contribution in [3.05, 3.63) is 65.5 Å². The van der Waals surface area contributed by atoms with Crippen LogP contribution < -0.4 is 4.74 Å². The number of hydrogen-bond donors (Lipinski definition) is 0. The molecule has 0 fully saturated rings. The van der Waals surface area contributed by atoms with E-state index in [-0.39, 0.29) is 0 Å². The molecule has 0 aliphatic carbocycles. The predicted octanol–water partition coefficient (Wildman–Crippen LogP) is 2.95. The molecule has 0 amide bonds. The summed E-state index contributed by atoms with van der Waals surface area (Å²) in [4.78, 5) is 0. The van der Waals surface area contributed by atoms with Crippen molar-refractivity contribution < 1.29 is 17.5 Å². The Labute approximate surface area is 140 Å². The Morgan fingerprint density at radius 3 is 2.62 bits per heavy atom. The molecule has 24 heavy (non-hydrogen) atoms. The number of hydrazone groups is 1. The van der Waals surface area contributed by atoms with Gasteiger partial charge in [0.05, 0.1) is 25.1 Å². The number of methoxy groups -OCH3 is 1. The maximum absolute atomic E-state index is 13.5. The number of benzene rings is 2. The standard InChI is InChI=1S/C17H17FN2O3S/c1-23-15-8-4-5-12(10-15)16-11-17(20(19-16)24(2,21)22)13-6-3-7-14(18)9-13/h3-10,17H,11H2,1-2H3/t17-/m1/s1. The lowest BCUT2D eigenvalue weighted by Crippen LogP contribution is -2.26. The van der Waals surface area contributed by atoms with E-state index in [0.717, 1.165) is 16.2 Å². The molecule has 0 spiro atoms. The molecule has 0 unspecified atom stereocenters. The van der Waals surface area contributed by atoms with Crippen molar-refractivity contribution in [2.24, 2.45) is 5.10 Å². The van der Waals surface area contributed by atoms with Gasteiger partial charge in [0, 0.05) is 12.0 Å². The first-order valence-electron chi connectivity index (χ1n) is 7.35. The predicted molar refractivity (Wildman–Crippen MR) is 90.0 cm³/mol. The molecule has 1 heterocycles. The van der Waals surface area contributed by atoms with Crippen LogP contribution in [0.1, 0.15) is 23.6 Å². The molecule has 1 aliphatic rings. The molecule has 126 valence electrons. The highest BCUT2D eigenvalue weighted by atomic mass is 32.2. The Hall–Kier alpha value is -2.41. The van der Waals surface area contributed by atoms with Crippen LogP contribution in [0.25, 0.3) is 0 Å². The van der Waals surface area contributed by atoms with Gasteiger partial charge in [-0.25, -0.2) is 12.8 Å². The van der Waals surface area contributed by atoms with Crippen LogP contribution >= 0.6 is 0 Å². The molecule has 0 aromatic heterocycles. The fraction of sp³-hybridized carbons (Fsp3) is 0.235. The average Bonchev–Trinajstić information content (AvgIpc) is 3.00. The van der Waals surface area contributed by atoms with Gasteiger partial charge in [0.2, 0.25) is 10.0 Å². The molecule has 0 bridgehead atoms. The van der Waals surface area contributed by atoms with E-state index >= 15 is 0 Å². The van der Waals surface area contributed by atoms with Crippen molar-refractivity contribution in [1.82, 2.24) is 4.41 Å². The van der Waals surface area contributed by atoms with Crippen LogP contribution in [0.5, 0.6) is 5.75 Å². The van der Waals surface area contributed by atoms with Gasteiger partial charge in [-0.15, -0.1) is 0 Å². The zero-order valence-corrected chi connectivity index (χ0v) is 14.1. The lowest BCUT2D eigenvalue weighted by molar-refractivity contribution is 0.373. The Morgan fingerprint density at radius 2 is 1.96 bits per heavy atom. The lowest BCUT2D eigenvalue weighted by Gasteiger charge is -2.21. The van der Waals surface area contributed by atoms with Crippen LogP contribution in [-0.2, 0) is 10.0 Å². The third-order valence-corrected chi connectivity index (χ3v) is 4.86. The Kier molecular flexibility index (Phi) is 4.28. The quantitative estimate of drug-likeness (QED) is 0.853. The number of nitrogens with zero attached hydrogens (tertiary/aromatic N) is 2. The van der Waals surface area contributed by atoms with Gasteiger partial charge >= 0.3 is 0 Å². The Morgan fingerprint density at radius 1 is 1.21 bits per heavy atom. The highest BCUT2D eigenvalue weighted by Crippen LogP contribution is 2.35. The van der Waals surface area contributed by atoms with Crippen molar-refractivity contribution in [2.75, 3.05) is 13.4 Å². The van der Waals surface area contributed by atoms with E-state index in [1.54, 1.807) is 31.4 Å². The summed E-state index contributed by atoms with van der Waals surface area (Å²) in [5.41, 5.74) is 1.97. The van der Waals surface area contributed by atoms with E-state index in [9.17, 15) is 12.8 Å². The Bertz CT molecular complexity index is 896. The van der Waals surface area contributed by atoms with Crippen LogP contribution in [-0.4, -0.2) is 31.9 Å². The van der Waals surface area contributed by atoms with Crippen molar-refractivity contribution in [3.8, 4) is 5.75 Å². The van der Waals surface area contributed by atoms with Crippen LogP contribution in [0.2, 0.25) is 0 Å². The largest absolute Gasteiger partial charge is 0.497 e. The number of halogens is 1. The van der Waals surface area contributed by atoms with Gasteiger partial charge in [0.15, 0.2) is 0 Å². The Balaban J connectivity index is 2.01. The van der Waals surface area contributed by atoms with Crippen molar-refractivity contribution in [2.45, 2.75) is 12.5 Å². The topological polar surface area (TPSA) is 59.0 Å². The van der Waals surface area contributed by atoms with Gasteiger partial charge in [0.1, 0.15) is 11.6 Å². The molecule has 0 saturated carbocycles. The first kappa shape index (κ1) is 16.4. The summed E-state index contributed by atoms with van der Waals surface area (Å²) < 4.78 is 44.0. The number of ether oxygens (including phenoxy) is 1. The zero-order valence-electron chi connectivity index (χ0n) is 13.3. The van der Waals surface area contributed by atoms with Gasteiger partial charge in [-0.3, -0.25) is 0 Å². The molecular formula is C17H17FN2O3S. The maximum atomic E-state index is 13.5. The third kappa shape index (κ3) is 3.26. The highest BCUT2D eigenvalue weighted by Gasteiger charge is 2.34. The second-order valence-electron chi connectivity index (χ2n) is 5.59. The van der Waals surface area contributed by atoms with E-state index in [2.05, 4.69) is 5.10 Å². The molecule has 1 aliphatic heterocycles. The van der Waals surface area contributed by atoms with Crippen LogP contribution in [0.15, 0.2) is 53.6 Å². The minimum Gasteiger partial charge on any atom is -0.497 e.